The van der Waals surface area contributed by atoms with Crippen LogP contribution >= 0.6 is 0 Å². The summed E-state index contributed by atoms with van der Waals surface area (Å²) in [6.07, 6.45) is 4.70. The van der Waals surface area contributed by atoms with Crippen molar-refractivity contribution >= 4 is 52.7 Å². The standard InChI is InChI=1S/C16H10O10S3/c17-14-15(28(21,22)23)9-3-1-7-2-6-11(27(18,19)20)8-4-5-10(13(9)12(7)8)16(14)29(24,25)26/h1-6,8H,(H,18,19,20)(H,21,22,23)(H,24,25,26). The summed E-state index contributed by atoms with van der Waals surface area (Å²) in [7, 11) is -15.1. The SMILES string of the molecule is O=C1C(S(=O)(=O)O)=C2C=CC3C(S(=O)(=O)O)=CC=c4ccc(c2c43)=C1S(=O)(=O)O. The normalized spacial score (nSPS) is 20.9. The quantitative estimate of drug-likeness (QED) is 0.480. The van der Waals surface area contributed by atoms with Crippen LogP contribution in [-0.2, 0) is 35.1 Å². The second-order valence-electron chi connectivity index (χ2n) is 6.39. The Morgan fingerprint density at radius 2 is 1.41 bits per heavy atom. The van der Waals surface area contributed by atoms with Crippen LogP contribution in [0.3, 0.4) is 0 Å². The molecule has 29 heavy (non-hydrogen) atoms. The van der Waals surface area contributed by atoms with Crippen molar-refractivity contribution in [2.24, 2.45) is 0 Å². The van der Waals surface area contributed by atoms with E-state index in [2.05, 4.69) is 0 Å². The molecule has 0 saturated heterocycles. The van der Waals surface area contributed by atoms with Gasteiger partial charge < -0.3 is 0 Å². The Morgan fingerprint density at radius 3 is 1.97 bits per heavy atom. The average molecular weight is 458 g/mol. The van der Waals surface area contributed by atoms with E-state index in [-0.39, 0.29) is 21.9 Å². The van der Waals surface area contributed by atoms with E-state index in [0.717, 1.165) is 18.2 Å². The molecule has 1 atom stereocenters. The van der Waals surface area contributed by atoms with Crippen LogP contribution < -0.4 is 10.4 Å². The van der Waals surface area contributed by atoms with Crippen molar-refractivity contribution < 1.29 is 43.7 Å². The van der Waals surface area contributed by atoms with Crippen LogP contribution in [0.2, 0.25) is 0 Å². The number of ketones is 1. The van der Waals surface area contributed by atoms with Crippen LogP contribution in [0.25, 0.3) is 16.6 Å². The van der Waals surface area contributed by atoms with Crippen LogP contribution in [0.1, 0.15) is 17.0 Å². The molecule has 13 heteroatoms. The molecule has 0 saturated carbocycles. The van der Waals surface area contributed by atoms with Gasteiger partial charge in [0, 0.05) is 16.7 Å². The summed E-state index contributed by atoms with van der Waals surface area (Å²) < 4.78 is 99.5. The zero-order valence-corrected chi connectivity index (χ0v) is 16.4. The van der Waals surface area contributed by atoms with E-state index in [4.69, 9.17) is 0 Å². The Hall–Kier alpha value is -2.42. The molecule has 0 radical (unpaired) electrons. The third kappa shape index (κ3) is 2.86. The van der Waals surface area contributed by atoms with Crippen LogP contribution in [-0.4, -0.2) is 44.7 Å². The average Bonchev–Trinajstić information content (AvgIpc) is 2.55. The molecule has 0 fully saturated rings. The highest BCUT2D eigenvalue weighted by Gasteiger charge is 2.42. The number of allylic oxidation sites excluding steroid dienone is 6. The number of carbonyl (C=O) groups excluding carboxylic acids is 1. The predicted octanol–water partition coefficient (Wildman–Crippen LogP) is -0.917. The number of hydrogen-bond donors (Lipinski definition) is 3. The fraction of sp³-hybridized carbons (Fsp3) is 0.0625. The van der Waals surface area contributed by atoms with Crippen molar-refractivity contribution in [2.45, 2.75) is 5.92 Å². The van der Waals surface area contributed by atoms with Crippen LogP contribution in [0.5, 0.6) is 0 Å². The van der Waals surface area contributed by atoms with Crippen molar-refractivity contribution in [1.29, 1.82) is 0 Å². The zero-order chi connectivity index (χ0) is 21.5. The molecule has 3 aliphatic carbocycles. The van der Waals surface area contributed by atoms with E-state index in [1.165, 1.54) is 18.2 Å². The number of Topliss-reactive ketones (excluding diaryl/α,β-unsaturated/α-hetero) is 1. The molecule has 1 aromatic rings. The maximum absolute atomic E-state index is 12.6. The highest BCUT2D eigenvalue weighted by molar-refractivity contribution is 7.97. The van der Waals surface area contributed by atoms with E-state index >= 15 is 0 Å². The minimum Gasteiger partial charge on any atom is -0.287 e. The first kappa shape index (κ1) is 19.9. The number of carbonyl (C=O) groups is 1. The maximum atomic E-state index is 12.6. The molecule has 10 nitrogen and oxygen atoms in total. The second kappa shape index (κ2) is 5.81. The van der Waals surface area contributed by atoms with E-state index in [1.54, 1.807) is 0 Å². The van der Waals surface area contributed by atoms with Crippen molar-refractivity contribution in [3.63, 3.8) is 0 Å². The summed E-state index contributed by atoms with van der Waals surface area (Å²) in [5.74, 6) is -2.73. The molecule has 4 rings (SSSR count). The van der Waals surface area contributed by atoms with Gasteiger partial charge in [0.1, 0.15) is 0 Å². The Labute approximate surface area is 164 Å². The molecule has 1 unspecified atom stereocenters. The van der Waals surface area contributed by atoms with Gasteiger partial charge in [-0.25, -0.2) is 0 Å². The van der Waals surface area contributed by atoms with E-state index < -0.39 is 56.8 Å². The lowest BCUT2D eigenvalue weighted by molar-refractivity contribution is -0.109. The zero-order valence-electron chi connectivity index (χ0n) is 14.0. The van der Waals surface area contributed by atoms with Crippen LogP contribution in [0, 0.1) is 0 Å². The van der Waals surface area contributed by atoms with Crippen molar-refractivity contribution in [2.75, 3.05) is 0 Å². The molecular formula is C16H10O10S3. The van der Waals surface area contributed by atoms with E-state index in [0.29, 0.717) is 5.22 Å². The van der Waals surface area contributed by atoms with Crippen molar-refractivity contribution in [1.82, 2.24) is 0 Å². The summed E-state index contributed by atoms with van der Waals surface area (Å²) in [6, 6.07) is 2.51. The lowest BCUT2D eigenvalue weighted by atomic mass is 9.78. The minimum atomic E-state index is -5.23. The second-order valence-corrected chi connectivity index (χ2v) is 10.5. The smallest absolute Gasteiger partial charge is 0.287 e. The molecule has 0 aromatic heterocycles. The van der Waals surface area contributed by atoms with Crippen LogP contribution in [0.4, 0.5) is 0 Å². The third-order valence-corrected chi connectivity index (χ3v) is 7.59. The van der Waals surface area contributed by atoms with Gasteiger partial charge in [0.2, 0.25) is 5.78 Å². The van der Waals surface area contributed by atoms with Crippen molar-refractivity contribution in [3.05, 3.63) is 61.7 Å². The lowest BCUT2D eigenvalue weighted by Crippen LogP contribution is -2.37. The summed E-state index contributed by atoms with van der Waals surface area (Å²) >= 11 is 0. The van der Waals surface area contributed by atoms with Gasteiger partial charge in [0.05, 0.1) is 4.91 Å². The molecule has 3 aliphatic rings. The van der Waals surface area contributed by atoms with Gasteiger partial charge in [-0.05, 0) is 22.4 Å². The molecular weight excluding hydrogens is 448 g/mol. The summed E-state index contributed by atoms with van der Waals surface area (Å²) in [5, 5.41) is 0.0136. The van der Waals surface area contributed by atoms with Gasteiger partial charge in [-0.15, -0.1) is 0 Å². The Kier molecular flexibility index (Phi) is 3.98. The Bertz CT molecular complexity index is 1570. The van der Waals surface area contributed by atoms with Gasteiger partial charge >= 0.3 is 0 Å². The molecule has 0 heterocycles. The molecule has 1 aromatic carbocycles. The largest absolute Gasteiger partial charge is 0.299 e. The van der Waals surface area contributed by atoms with Gasteiger partial charge in [-0.1, -0.05) is 30.4 Å². The summed E-state index contributed by atoms with van der Waals surface area (Å²) in [6.45, 7) is 0. The Balaban J connectivity index is 2.29. The predicted molar refractivity (Wildman–Crippen MR) is 100 cm³/mol. The summed E-state index contributed by atoms with van der Waals surface area (Å²) in [5.41, 5.74) is -0.400. The maximum Gasteiger partial charge on any atom is 0.299 e. The molecule has 152 valence electrons. The van der Waals surface area contributed by atoms with Gasteiger partial charge in [0.15, 0.2) is 9.81 Å². The number of benzene rings is 1. The topological polar surface area (TPSA) is 180 Å². The highest BCUT2D eigenvalue weighted by Crippen LogP contribution is 2.41. The van der Waals surface area contributed by atoms with Gasteiger partial charge in [-0.2, -0.15) is 25.3 Å². The molecule has 0 aliphatic heterocycles. The minimum absolute atomic E-state index is 0.102. The number of hydrogen-bond acceptors (Lipinski definition) is 7. The first-order valence-electron chi connectivity index (χ1n) is 7.72. The lowest BCUT2D eigenvalue weighted by Gasteiger charge is -2.29. The molecule has 0 spiro atoms. The van der Waals surface area contributed by atoms with Gasteiger partial charge in [-0.3, -0.25) is 18.5 Å². The van der Waals surface area contributed by atoms with Crippen LogP contribution in [0.15, 0.2) is 40.2 Å². The van der Waals surface area contributed by atoms with Crippen molar-refractivity contribution in [3.8, 4) is 0 Å². The third-order valence-electron chi connectivity index (χ3n) is 4.76. The highest BCUT2D eigenvalue weighted by atomic mass is 32.2. The Morgan fingerprint density at radius 1 is 0.793 bits per heavy atom. The van der Waals surface area contributed by atoms with E-state index in [9.17, 15) is 43.7 Å². The molecule has 0 bridgehead atoms. The molecule has 0 amide bonds. The number of rotatable bonds is 3. The summed E-state index contributed by atoms with van der Waals surface area (Å²) in [4.78, 5) is 9.63. The first-order chi connectivity index (χ1) is 13.2. The fourth-order valence-corrected chi connectivity index (χ4v) is 6.17. The first-order valence-corrected chi connectivity index (χ1v) is 12.0. The molecule has 3 N–H and O–H groups in total. The monoisotopic (exact) mass is 458 g/mol. The van der Waals surface area contributed by atoms with E-state index in [1.807, 2.05) is 0 Å². The van der Waals surface area contributed by atoms with Gasteiger partial charge in [0.25, 0.3) is 30.4 Å². The fourth-order valence-electron chi connectivity index (χ4n) is 3.78.